The summed E-state index contributed by atoms with van der Waals surface area (Å²) >= 11 is 0. The number of rotatable bonds is 2. The predicted octanol–water partition coefficient (Wildman–Crippen LogP) is 3.58. The highest BCUT2D eigenvalue weighted by Gasteiger charge is 2.03. The molecule has 0 amide bonds. The molecule has 0 radical (unpaired) electrons. The third-order valence-corrected chi connectivity index (χ3v) is 2.48. The van der Waals surface area contributed by atoms with Crippen LogP contribution in [0.1, 0.15) is 11.1 Å². The second-order valence-electron chi connectivity index (χ2n) is 3.66. The Morgan fingerprint density at radius 2 is 1.71 bits per heavy atom. The highest BCUT2D eigenvalue weighted by atomic mass is 14.6. The summed E-state index contributed by atoms with van der Waals surface area (Å²) in [5.74, 6) is 0. The molecule has 0 fully saturated rings. The summed E-state index contributed by atoms with van der Waals surface area (Å²) in [5, 5.41) is 0. The molecular formula is C15H12N2. The van der Waals surface area contributed by atoms with Crippen LogP contribution in [0.25, 0.3) is 10.4 Å². The van der Waals surface area contributed by atoms with E-state index >= 15 is 0 Å². The van der Waals surface area contributed by atoms with Crippen molar-refractivity contribution < 1.29 is 0 Å². The Morgan fingerprint density at radius 1 is 1.00 bits per heavy atom. The molecule has 0 aromatic heterocycles. The lowest BCUT2D eigenvalue weighted by molar-refractivity contribution is 1.54. The SMILES string of the molecule is [C-]#[N+]C=C(c1ccccc1)c1cccc(N)c1. The highest BCUT2D eigenvalue weighted by Crippen LogP contribution is 2.24. The molecule has 2 N–H and O–H groups in total. The van der Waals surface area contributed by atoms with Crippen LogP contribution < -0.4 is 5.73 Å². The van der Waals surface area contributed by atoms with Crippen molar-refractivity contribution in [3.05, 3.63) is 83.3 Å². The van der Waals surface area contributed by atoms with E-state index in [1.54, 1.807) is 0 Å². The van der Waals surface area contributed by atoms with Gasteiger partial charge in [0, 0.05) is 5.69 Å². The largest absolute Gasteiger partial charge is 0.399 e. The van der Waals surface area contributed by atoms with Crippen LogP contribution in [0.5, 0.6) is 0 Å². The minimum Gasteiger partial charge on any atom is -0.399 e. The Hall–Kier alpha value is -2.53. The number of hydrogen-bond donors (Lipinski definition) is 1. The Kier molecular flexibility index (Phi) is 3.23. The summed E-state index contributed by atoms with van der Waals surface area (Å²) in [6.45, 7) is 7.00. The third kappa shape index (κ3) is 2.53. The lowest BCUT2D eigenvalue weighted by atomic mass is 9.98. The molecule has 2 heteroatoms. The molecule has 0 spiro atoms. The number of hydrogen-bond acceptors (Lipinski definition) is 1. The molecule has 82 valence electrons. The van der Waals surface area contributed by atoms with Crippen LogP contribution in [0.4, 0.5) is 5.69 Å². The van der Waals surface area contributed by atoms with Crippen LogP contribution in [0.15, 0.2) is 60.8 Å². The summed E-state index contributed by atoms with van der Waals surface area (Å²) in [5.41, 5.74) is 9.35. The van der Waals surface area contributed by atoms with Crippen LogP contribution in [0, 0.1) is 6.57 Å². The van der Waals surface area contributed by atoms with Gasteiger partial charge in [0.1, 0.15) is 0 Å². The first kappa shape index (κ1) is 11.0. The van der Waals surface area contributed by atoms with E-state index in [4.69, 9.17) is 12.3 Å². The maximum Gasteiger partial charge on any atom is 0.162 e. The van der Waals surface area contributed by atoms with Crippen molar-refractivity contribution in [2.24, 2.45) is 0 Å². The van der Waals surface area contributed by atoms with Gasteiger partial charge in [-0.25, -0.2) is 4.85 Å². The van der Waals surface area contributed by atoms with Crippen molar-refractivity contribution in [2.45, 2.75) is 0 Å². The normalized spacial score (nSPS) is 10.9. The first-order chi connectivity index (χ1) is 8.31. The van der Waals surface area contributed by atoms with Crippen molar-refractivity contribution in [3.63, 3.8) is 0 Å². The van der Waals surface area contributed by atoms with Crippen molar-refractivity contribution in [1.82, 2.24) is 0 Å². The Bertz CT molecular complexity index is 577. The summed E-state index contributed by atoms with van der Waals surface area (Å²) in [6.07, 6.45) is 1.53. The molecule has 2 nitrogen and oxygen atoms in total. The molecule has 0 saturated heterocycles. The minimum absolute atomic E-state index is 0.703. The zero-order valence-corrected chi connectivity index (χ0v) is 9.30. The molecule has 2 aromatic carbocycles. The molecule has 0 unspecified atom stereocenters. The first-order valence-electron chi connectivity index (χ1n) is 5.29. The predicted molar refractivity (Wildman–Crippen MR) is 71.0 cm³/mol. The maximum absolute atomic E-state index is 7.00. The molecule has 2 aromatic rings. The van der Waals surface area contributed by atoms with Gasteiger partial charge in [0.25, 0.3) is 0 Å². The number of nitrogens with zero attached hydrogens (tertiary/aromatic N) is 1. The summed E-state index contributed by atoms with van der Waals surface area (Å²) in [4.78, 5) is 3.37. The summed E-state index contributed by atoms with van der Waals surface area (Å²) in [6, 6.07) is 17.4. The lowest BCUT2D eigenvalue weighted by Gasteiger charge is -2.07. The first-order valence-corrected chi connectivity index (χ1v) is 5.29. The van der Waals surface area contributed by atoms with E-state index < -0.39 is 0 Å². The Morgan fingerprint density at radius 3 is 2.35 bits per heavy atom. The number of anilines is 1. The van der Waals surface area contributed by atoms with E-state index in [1.807, 2.05) is 54.6 Å². The van der Waals surface area contributed by atoms with Crippen LogP contribution in [-0.2, 0) is 0 Å². The van der Waals surface area contributed by atoms with Crippen LogP contribution in [0.2, 0.25) is 0 Å². The third-order valence-electron chi connectivity index (χ3n) is 2.48. The minimum atomic E-state index is 0.703. The zero-order chi connectivity index (χ0) is 12.1. The fourth-order valence-corrected chi connectivity index (χ4v) is 1.70. The van der Waals surface area contributed by atoms with Crippen molar-refractivity contribution >= 4 is 11.3 Å². The topological polar surface area (TPSA) is 30.4 Å². The smallest absolute Gasteiger partial charge is 0.162 e. The van der Waals surface area contributed by atoms with Crippen molar-refractivity contribution in [2.75, 3.05) is 5.73 Å². The fraction of sp³-hybridized carbons (Fsp3) is 0. The molecule has 0 atom stereocenters. The molecular weight excluding hydrogens is 208 g/mol. The maximum atomic E-state index is 7.00. The lowest BCUT2D eigenvalue weighted by Crippen LogP contribution is -1.90. The fourth-order valence-electron chi connectivity index (χ4n) is 1.70. The van der Waals surface area contributed by atoms with E-state index in [0.29, 0.717) is 5.69 Å². The van der Waals surface area contributed by atoms with E-state index in [9.17, 15) is 0 Å². The summed E-state index contributed by atoms with van der Waals surface area (Å²) in [7, 11) is 0. The van der Waals surface area contributed by atoms with E-state index in [2.05, 4.69) is 4.85 Å². The van der Waals surface area contributed by atoms with E-state index in [0.717, 1.165) is 16.7 Å². The van der Waals surface area contributed by atoms with Gasteiger partial charge in [-0.05, 0) is 28.8 Å². The second-order valence-corrected chi connectivity index (χ2v) is 3.66. The zero-order valence-electron chi connectivity index (χ0n) is 9.30. The molecule has 0 saturated carbocycles. The van der Waals surface area contributed by atoms with Gasteiger partial charge in [-0.2, -0.15) is 0 Å². The van der Waals surface area contributed by atoms with Gasteiger partial charge in [0.15, 0.2) is 6.20 Å². The average molecular weight is 220 g/mol. The van der Waals surface area contributed by atoms with E-state index in [1.165, 1.54) is 6.20 Å². The van der Waals surface area contributed by atoms with Gasteiger partial charge in [-0.15, -0.1) is 0 Å². The molecule has 0 aliphatic rings. The molecule has 2 rings (SSSR count). The highest BCUT2D eigenvalue weighted by molar-refractivity contribution is 5.81. The van der Waals surface area contributed by atoms with Gasteiger partial charge in [0.2, 0.25) is 0 Å². The van der Waals surface area contributed by atoms with Crippen molar-refractivity contribution in [3.8, 4) is 0 Å². The van der Waals surface area contributed by atoms with Gasteiger partial charge in [0.05, 0.1) is 6.57 Å². The Balaban J connectivity index is 2.52. The van der Waals surface area contributed by atoms with Gasteiger partial charge in [-0.1, -0.05) is 42.5 Å². The van der Waals surface area contributed by atoms with Crippen LogP contribution in [0.3, 0.4) is 0 Å². The molecule has 0 aliphatic carbocycles. The Labute approximate surface area is 101 Å². The van der Waals surface area contributed by atoms with Crippen LogP contribution in [-0.4, -0.2) is 0 Å². The number of benzene rings is 2. The number of nitrogens with two attached hydrogens (primary N) is 1. The monoisotopic (exact) mass is 220 g/mol. The molecule has 0 aliphatic heterocycles. The van der Waals surface area contributed by atoms with Gasteiger partial charge in [-0.3, -0.25) is 0 Å². The molecule has 0 heterocycles. The molecule has 0 bridgehead atoms. The van der Waals surface area contributed by atoms with Gasteiger partial charge >= 0.3 is 0 Å². The average Bonchev–Trinajstić information content (AvgIpc) is 2.37. The van der Waals surface area contributed by atoms with Crippen LogP contribution >= 0.6 is 0 Å². The standard InChI is InChI=1S/C15H12N2/c1-17-11-15(12-6-3-2-4-7-12)13-8-5-9-14(16)10-13/h2-11H,16H2. The quantitative estimate of drug-likeness (QED) is 0.608. The summed E-state index contributed by atoms with van der Waals surface area (Å²) < 4.78 is 0. The second kappa shape index (κ2) is 5.00. The van der Waals surface area contributed by atoms with E-state index in [-0.39, 0.29) is 0 Å². The number of nitrogen functional groups attached to an aromatic ring is 1. The van der Waals surface area contributed by atoms with Gasteiger partial charge < -0.3 is 5.73 Å². The van der Waals surface area contributed by atoms with Crippen molar-refractivity contribution in [1.29, 1.82) is 0 Å². The molecule has 17 heavy (non-hydrogen) atoms.